The predicted octanol–water partition coefficient (Wildman–Crippen LogP) is 3.49. The van der Waals surface area contributed by atoms with Crippen molar-refractivity contribution in [3.05, 3.63) is 23.0 Å². The van der Waals surface area contributed by atoms with E-state index in [1.54, 1.807) is 20.8 Å². The summed E-state index contributed by atoms with van der Waals surface area (Å²) in [6, 6.07) is 2.56. The van der Waals surface area contributed by atoms with Crippen molar-refractivity contribution in [3.8, 4) is 0 Å². The third-order valence-electron chi connectivity index (χ3n) is 2.04. The van der Waals surface area contributed by atoms with Crippen LogP contribution in [-0.2, 0) is 9.53 Å². The number of thioether (sulfide) groups is 1. The summed E-state index contributed by atoms with van der Waals surface area (Å²) in [5.74, 6) is -0.907. The fourth-order valence-electron chi connectivity index (χ4n) is 1.20. The number of hydrogen-bond donors (Lipinski definition) is 1. The number of nitrogens with two attached hydrogens (primary N) is 1. The molecule has 0 fully saturated rings. The molecule has 1 atom stereocenters. The number of nitrogen functional groups attached to an aromatic ring is 1. The van der Waals surface area contributed by atoms with Crippen LogP contribution in [0.5, 0.6) is 0 Å². The highest BCUT2D eigenvalue weighted by molar-refractivity contribution is 8.00. The van der Waals surface area contributed by atoms with E-state index in [1.165, 1.54) is 17.8 Å². The molecule has 6 heteroatoms. The largest absolute Gasteiger partial charge is 0.462 e. The fourth-order valence-corrected chi connectivity index (χ4v) is 2.39. The van der Waals surface area contributed by atoms with Gasteiger partial charge in [0.1, 0.15) is 11.1 Å². The Kier molecular flexibility index (Phi) is 5.28. The lowest BCUT2D eigenvalue weighted by Crippen LogP contribution is -2.20. The van der Waals surface area contributed by atoms with E-state index < -0.39 is 11.1 Å². The van der Waals surface area contributed by atoms with Gasteiger partial charge in [0.2, 0.25) is 0 Å². The molecule has 0 radical (unpaired) electrons. The first kappa shape index (κ1) is 15.1. The Morgan fingerprint density at radius 1 is 1.44 bits per heavy atom. The van der Waals surface area contributed by atoms with Crippen LogP contribution in [0.1, 0.15) is 20.8 Å². The molecule has 1 rings (SSSR count). The van der Waals surface area contributed by atoms with Crippen molar-refractivity contribution < 1.29 is 13.9 Å². The van der Waals surface area contributed by atoms with Gasteiger partial charge >= 0.3 is 5.97 Å². The van der Waals surface area contributed by atoms with Gasteiger partial charge in [0.05, 0.1) is 16.8 Å². The van der Waals surface area contributed by atoms with E-state index in [2.05, 4.69) is 0 Å². The van der Waals surface area contributed by atoms with Crippen molar-refractivity contribution in [1.82, 2.24) is 0 Å². The minimum Gasteiger partial charge on any atom is -0.462 e. The summed E-state index contributed by atoms with van der Waals surface area (Å²) in [7, 11) is 0. The molecule has 2 N–H and O–H groups in total. The van der Waals surface area contributed by atoms with Gasteiger partial charge in [-0.15, -0.1) is 11.8 Å². The SMILES string of the molecule is CC(C)OC(=O)C(C)Sc1cc(N)c(F)cc1Cl. The highest BCUT2D eigenvalue weighted by Crippen LogP contribution is 2.33. The second kappa shape index (κ2) is 6.29. The van der Waals surface area contributed by atoms with E-state index in [4.69, 9.17) is 22.1 Å². The van der Waals surface area contributed by atoms with Crippen LogP contribution in [0.2, 0.25) is 5.02 Å². The highest BCUT2D eigenvalue weighted by Gasteiger charge is 2.19. The molecule has 100 valence electrons. The van der Waals surface area contributed by atoms with Crippen molar-refractivity contribution in [2.75, 3.05) is 5.73 Å². The Morgan fingerprint density at radius 2 is 2.06 bits per heavy atom. The molecular formula is C12H15ClFNO2S. The van der Waals surface area contributed by atoms with Crippen molar-refractivity contribution >= 4 is 35.0 Å². The summed E-state index contributed by atoms with van der Waals surface area (Å²) in [5, 5.41) is -0.203. The normalized spacial score (nSPS) is 12.6. The van der Waals surface area contributed by atoms with Gasteiger partial charge < -0.3 is 10.5 Å². The van der Waals surface area contributed by atoms with Gasteiger partial charge in [0.25, 0.3) is 0 Å². The third-order valence-corrected chi connectivity index (χ3v) is 3.60. The summed E-state index contributed by atoms with van der Waals surface area (Å²) >= 11 is 7.08. The molecule has 0 spiro atoms. The van der Waals surface area contributed by atoms with Gasteiger partial charge in [-0.3, -0.25) is 4.79 Å². The average Bonchev–Trinajstić information content (AvgIpc) is 2.24. The number of carbonyl (C=O) groups excluding carboxylic acids is 1. The van der Waals surface area contributed by atoms with Crippen LogP contribution in [0.3, 0.4) is 0 Å². The summed E-state index contributed by atoms with van der Waals surface area (Å²) in [5.41, 5.74) is 5.46. The van der Waals surface area contributed by atoms with Gasteiger partial charge in [-0.1, -0.05) is 11.6 Å². The Hall–Kier alpha value is -0.940. The minimum absolute atomic E-state index is 0.00586. The molecule has 1 aromatic rings. The molecule has 1 unspecified atom stereocenters. The lowest BCUT2D eigenvalue weighted by molar-refractivity contribution is -0.146. The van der Waals surface area contributed by atoms with Crippen molar-refractivity contribution in [3.63, 3.8) is 0 Å². The molecule has 0 aliphatic carbocycles. The molecule has 0 aliphatic rings. The Labute approximate surface area is 115 Å². The molecule has 18 heavy (non-hydrogen) atoms. The number of hydrogen-bond acceptors (Lipinski definition) is 4. The number of rotatable bonds is 4. The lowest BCUT2D eigenvalue weighted by atomic mass is 10.3. The molecule has 0 amide bonds. The van der Waals surface area contributed by atoms with Crippen LogP contribution in [0.25, 0.3) is 0 Å². The number of anilines is 1. The maximum absolute atomic E-state index is 13.1. The maximum Gasteiger partial charge on any atom is 0.319 e. The zero-order valence-electron chi connectivity index (χ0n) is 10.4. The van der Waals surface area contributed by atoms with E-state index >= 15 is 0 Å². The van der Waals surface area contributed by atoms with Crippen LogP contribution in [0.15, 0.2) is 17.0 Å². The van der Waals surface area contributed by atoms with Crippen molar-refractivity contribution in [2.24, 2.45) is 0 Å². The first-order valence-electron chi connectivity index (χ1n) is 5.43. The number of halogens is 2. The summed E-state index contributed by atoms with van der Waals surface area (Å²) in [6.45, 7) is 5.25. The van der Waals surface area contributed by atoms with E-state index in [0.717, 1.165) is 6.07 Å². The standard InChI is InChI=1S/C12H15ClFNO2S/c1-6(2)17-12(16)7(3)18-11-5-10(15)9(14)4-8(11)13/h4-7H,15H2,1-3H3. The fraction of sp³-hybridized carbons (Fsp3) is 0.417. The second-order valence-electron chi connectivity index (χ2n) is 4.05. The van der Waals surface area contributed by atoms with Gasteiger partial charge in [0.15, 0.2) is 0 Å². The number of ether oxygens (including phenoxy) is 1. The van der Waals surface area contributed by atoms with E-state index in [0.29, 0.717) is 4.90 Å². The molecule has 0 aliphatic heterocycles. The van der Waals surface area contributed by atoms with Crippen LogP contribution >= 0.6 is 23.4 Å². The topological polar surface area (TPSA) is 52.3 Å². The lowest BCUT2D eigenvalue weighted by Gasteiger charge is -2.14. The minimum atomic E-state index is -0.568. The van der Waals surface area contributed by atoms with E-state index in [1.807, 2.05) is 0 Å². The number of carbonyl (C=O) groups is 1. The number of benzene rings is 1. The van der Waals surface area contributed by atoms with Crippen LogP contribution in [0, 0.1) is 5.82 Å². The van der Waals surface area contributed by atoms with Gasteiger partial charge in [-0.05, 0) is 32.9 Å². The van der Waals surface area contributed by atoms with Gasteiger partial charge in [0, 0.05) is 4.90 Å². The summed E-state index contributed by atoms with van der Waals surface area (Å²) in [6.07, 6.45) is -0.172. The third kappa shape index (κ3) is 4.07. The molecule has 0 heterocycles. The van der Waals surface area contributed by atoms with Crippen LogP contribution in [0.4, 0.5) is 10.1 Å². The average molecular weight is 292 g/mol. The Balaban J connectivity index is 2.79. The van der Waals surface area contributed by atoms with E-state index in [-0.39, 0.29) is 22.8 Å². The monoisotopic (exact) mass is 291 g/mol. The van der Waals surface area contributed by atoms with Gasteiger partial charge in [-0.25, -0.2) is 4.39 Å². The first-order chi connectivity index (χ1) is 8.31. The molecule has 1 aromatic carbocycles. The van der Waals surface area contributed by atoms with Crippen LogP contribution in [-0.4, -0.2) is 17.3 Å². The quantitative estimate of drug-likeness (QED) is 0.524. The second-order valence-corrected chi connectivity index (χ2v) is 5.84. The maximum atomic E-state index is 13.1. The zero-order chi connectivity index (χ0) is 13.9. The predicted molar refractivity (Wildman–Crippen MR) is 72.4 cm³/mol. The first-order valence-corrected chi connectivity index (χ1v) is 6.68. The Morgan fingerprint density at radius 3 is 2.61 bits per heavy atom. The van der Waals surface area contributed by atoms with Gasteiger partial charge in [-0.2, -0.15) is 0 Å². The highest BCUT2D eigenvalue weighted by atomic mass is 35.5. The van der Waals surface area contributed by atoms with Crippen LogP contribution < -0.4 is 5.73 Å². The zero-order valence-corrected chi connectivity index (χ0v) is 11.9. The van der Waals surface area contributed by atoms with Crippen molar-refractivity contribution in [1.29, 1.82) is 0 Å². The summed E-state index contributed by atoms with van der Waals surface area (Å²) < 4.78 is 18.2. The smallest absolute Gasteiger partial charge is 0.319 e. The molecule has 0 bridgehead atoms. The van der Waals surface area contributed by atoms with E-state index in [9.17, 15) is 9.18 Å². The summed E-state index contributed by atoms with van der Waals surface area (Å²) in [4.78, 5) is 12.2. The molecule has 3 nitrogen and oxygen atoms in total. The number of esters is 1. The molecule has 0 saturated carbocycles. The van der Waals surface area contributed by atoms with Crippen molar-refractivity contribution in [2.45, 2.75) is 37.0 Å². The molecule has 0 aromatic heterocycles. The molecule has 0 saturated heterocycles. The Bertz CT molecular complexity index is 454. The molecular weight excluding hydrogens is 277 g/mol.